The number of rotatable bonds is 16. The summed E-state index contributed by atoms with van der Waals surface area (Å²) in [4.78, 5) is 50.7. The van der Waals surface area contributed by atoms with E-state index in [1.54, 1.807) is 12.1 Å². The minimum Gasteiger partial charge on any atom is -0.457 e. The minimum absolute atomic E-state index is 0.0892. The number of aryl methyl sites for hydroxylation is 3. The monoisotopic (exact) mass is 888 g/mol. The second-order valence-electron chi connectivity index (χ2n) is 17.1. The third kappa shape index (κ3) is 12.9. The van der Waals surface area contributed by atoms with Crippen molar-refractivity contribution in [1.29, 1.82) is 0 Å². The first-order valence-electron chi connectivity index (χ1n) is 22.5. The van der Waals surface area contributed by atoms with Gasteiger partial charge in [0.2, 0.25) is 0 Å². The highest BCUT2D eigenvalue weighted by Gasteiger charge is 2.21. The lowest BCUT2D eigenvalue weighted by atomic mass is 9.90. The van der Waals surface area contributed by atoms with Gasteiger partial charge in [-0.2, -0.15) is 0 Å². The van der Waals surface area contributed by atoms with Gasteiger partial charge in [-0.15, -0.1) is 0 Å². The summed E-state index contributed by atoms with van der Waals surface area (Å²) >= 11 is 0. The van der Waals surface area contributed by atoms with Crippen molar-refractivity contribution in [3.05, 3.63) is 237 Å². The number of benzene rings is 8. The molecule has 0 bridgehead atoms. The van der Waals surface area contributed by atoms with Crippen LogP contribution in [0.2, 0.25) is 0 Å². The van der Waals surface area contributed by atoms with E-state index in [9.17, 15) is 19.2 Å². The summed E-state index contributed by atoms with van der Waals surface area (Å²) in [6, 6.07) is 56.5. The Labute approximate surface area is 392 Å². The Morgan fingerprint density at radius 1 is 0.403 bits per heavy atom. The van der Waals surface area contributed by atoms with Crippen LogP contribution in [0.3, 0.4) is 0 Å². The molecule has 2 unspecified atom stereocenters. The molecule has 8 aromatic carbocycles. The van der Waals surface area contributed by atoms with Gasteiger partial charge in [0.05, 0.1) is 23.0 Å². The first kappa shape index (κ1) is 47.4. The molecule has 0 saturated heterocycles. The van der Waals surface area contributed by atoms with E-state index in [2.05, 4.69) is 30.3 Å². The molecule has 0 aliphatic heterocycles. The van der Waals surface area contributed by atoms with Crippen LogP contribution in [0, 0.1) is 20.8 Å². The number of ketones is 2. The summed E-state index contributed by atoms with van der Waals surface area (Å²) in [6.07, 6.45) is 0.671. The highest BCUT2D eigenvalue weighted by molar-refractivity contribution is 5.92. The predicted octanol–water partition coefficient (Wildman–Crippen LogP) is 11.0. The molecule has 0 saturated carbocycles. The largest absolute Gasteiger partial charge is 0.457 e. The van der Waals surface area contributed by atoms with Crippen molar-refractivity contribution in [2.45, 2.75) is 58.7 Å². The number of esters is 2. The number of ether oxygens (including phenoxy) is 2. The van der Waals surface area contributed by atoms with E-state index in [1.807, 2.05) is 154 Å². The maximum atomic E-state index is 13.0. The Bertz CT molecular complexity index is 2980. The van der Waals surface area contributed by atoms with Gasteiger partial charge in [-0.25, -0.2) is 9.59 Å². The average molecular weight is 889 g/mol. The van der Waals surface area contributed by atoms with Crippen LogP contribution in [0.1, 0.15) is 82.6 Å². The van der Waals surface area contributed by atoms with E-state index in [0.29, 0.717) is 24.0 Å². The Kier molecular flexibility index (Phi) is 16.0. The first-order chi connectivity index (χ1) is 32.5. The number of nitrogens with two attached hydrogens (primary N) is 2. The number of Topliss-reactive ketones (excluding diaryl/α,β-unsaturated/α-hetero) is 2. The molecule has 2 atom stereocenters. The third-order valence-corrected chi connectivity index (χ3v) is 11.9. The lowest BCUT2D eigenvalue weighted by Crippen LogP contribution is -2.23. The summed E-state index contributed by atoms with van der Waals surface area (Å²) in [6.45, 7) is 6.71. The maximum absolute atomic E-state index is 13.0. The van der Waals surface area contributed by atoms with Gasteiger partial charge in [0.25, 0.3) is 0 Å². The summed E-state index contributed by atoms with van der Waals surface area (Å²) < 4.78 is 10.9. The molecule has 0 heterocycles. The fraction of sp³-hybridized carbons (Fsp3) is 0.186. The van der Waals surface area contributed by atoms with E-state index < -0.39 is 0 Å². The minimum atomic E-state index is -0.377. The molecular weight excluding hydrogens is 833 g/mol. The van der Waals surface area contributed by atoms with Crippen molar-refractivity contribution in [3.63, 3.8) is 0 Å². The highest BCUT2D eigenvalue weighted by atomic mass is 16.5. The zero-order chi connectivity index (χ0) is 47.3. The maximum Gasteiger partial charge on any atom is 0.338 e. The predicted molar refractivity (Wildman–Crippen MR) is 267 cm³/mol. The van der Waals surface area contributed by atoms with Crippen LogP contribution in [0.4, 0.5) is 0 Å². The van der Waals surface area contributed by atoms with Crippen LogP contribution in [0.5, 0.6) is 0 Å². The van der Waals surface area contributed by atoms with E-state index in [0.717, 1.165) is 71.6 Å². The smallest absolute Gasteiger partial charge is 0.338 e. The van der Waals surface area contributed by atoms with Crippen LogP contribution in [0.25, 0.3) is 21.5 Å². The van der Waals surface area contributed by atoms with Crippen LogP contribution >= 0.6 is 0 Å². The van der Waals surface area contributed by atoms with Gasteiger partial charge in [-0.05, 0) is 100.0 Å². The SMILES string of the molecule is Cc1cc(C)cc(C(=O)OCc2ccc(C(CN)C(=O)Cc3ccc4ccccc4c3)cc2)c1.Cc1ccc(C(=O)OCc2ccc(C(CN)C(=O)Cc3ccc4ccccc4c3)cc2)cc1. The Morgan fingerprint density at radius 3 is 1.21 bits per heavy atom. The van der Waals surface area contributed by atoms with Gasteiger partial charge < -0.3 is 20.9 Å². The zero-order valence-electron chi connectivity index (χ0n) is 38.2. The second kappa shape index (κ2) is 22.6. The van der Waals surface area contributed by atoms with Crippen molar-refractivity contribution < 1.29 is 28.7 Å². The van der Waals surface area contributed by atoms with Crippen molar-refractivity contribution in [2.75, 3.05) is 13.1 Å². The molecule has 67 heavy (non-hydrogen) atoms. The highest BCUT2D eigenvalue weighted by Crippen LogP contribution is 2.24. The van der Waals surface area contributed by atoms with Crippen LogP contribution in [0.15, 0.2) is 176 Å². The molecule has 0 spiro atoms. The lowest BCUT2D eigenvalue weighted by molar-refractivity contribution is -0.120. The van der Waals surface area contributed by atoms with Gasteiger partial charge in [-0.1, -0.05) is 168 Å². The molecule has 8 rings (SSSR count). The molecule has 0 aliphatic carbocycles. The van der Waals surface area contributed by atoms with E-state index in [1.165, 1.54) is 0 Å². The van der Waals surface area contributed by atoms with Gasteiger partial charge in [0.1, 0.15) is 24.8 Å². The van der Waals surface area contributed by atoms with Gasteiger partial charge in [0, 0.05) is 25.9 Å². The van der Waals surface area contributed by atoms with Gasteiger partial charge >= 0.3 is 11.9 Å². The van der Waals surface area contributed by atoms with Crippen molar-refractivity contribution >= 4 is 45.0 Å². The number of hydrogen-bond acceptors (Lipinski definition) is 8. The zero-order valence-corrected chi connectivity index (χ0v) is 38.2. The quantitative estimate of drug-likeness (QED) is 0.0915. The summed E-state index contributed by atoms with van der Waals surface area (Å²) in [5.41, 5.74) is 21.6. The molecule has 4 N–H and O–H groups in total. The van der Waals surface area contributed by atoms with Crippen molar-refractivity contribution in [2.24, 2.45) is 11.5 Å². The summed E-state index contributed by atoms with van der Waals surface area (Å²) in [5, 5.41) is 4.55. The molecule has 338 valence electrons. The molecular formula is C59H56N2O6. The number of carbonyl (C=O) groups excluding carboxylic acids is 4. The molecule has 8 heteroatoms. The molecule has 8 aromatic rings. The Hall–Kier alpha value is -7.52. The fourth-order valence-corrected chi connectivity index (χ4v) is 8.19. The van der Waals surface area contributed by atoms with Crippen molar-refractivity contribution in [1.82, 2.24) is 0 Å². The number of hydrogen-bond donors (Lipinski definition) is 2. The molecule has 0 aromatic heterocycles. The van der Waals surface area contributed by atoms with E-state index >= 15 is 0 Å². The third-order valence-electron chi connectivity index (χ3n) is 11.9. The number of fused-ring (bicyclic) bond motifs is 2. The van der Waals surface area contributed by atoms with E-state index in [4.69, 9.17) is 20.9 Å². The summed E-state index contributed by atoms with van der Waals surface area (Å²) in [5.74, 6) is -1.28. The Balaban J connectivity index is 0.000000199. The average Bonchev–Trinajstić information content (AvgIpc) is 3.33. The second-order valence-corrected chi connectivity index (χ2v) is 17.1. The Morgan fingerprint density at radius 2 is 0.791 bits per heavy atom. The fourth-order valence-electron chi connectivity index (χ4n) is 8.19. The molecule has 0 amide bonds. The van der Waals surface area contributed by atoms with Crippen LogP contribution < -0.4 is 11.5 Å². The van der Waals surface area contributed by atoms with Crippen LogP contribution in [-0.2, 0) is 45.1 Å². The standard InChI is InChI=1S/C30H29NO3.C29H27NO3/c1-20-13-21(2)15-27(14-20)30(33)34-19-22-7-11-25(12-8-22)28(18-31)29(32)17-23-9-10-24-5-3-4-6-26(24)16-23;1-20-6-11-25(12-7-20)29(32)33-19-21-8-14-24(15-9-21)27(18-30)28(31)17-22-10-13-23-4-2-3-5-26(23)16-22/h3-16,28H,17-19,31H2,1-2H3;2-16,27H,17-19,30H2,1H3. The van der Waals surface area contributed by atoms with Gasteiger partial charge in [0.15, 0.2) is 0 Å². The lowest BCUT2D eigenvalue weighted by Gasteiger charge is -2.15. The normalized spacial score (nSPS) is 11.8. The number of carbonyl (C=O) groups is 4. The van der Waals surface area contributed by atoms with Crippen molar-refractivity contribution in [3.8, 4) is 0 Å². The molecule has 0 fully saturated rings. The summed E-state index contributed by atoms with van der Waals surface area (Å²) in [7, 11) is 0. The topological polar surface area (TPSA) is 139 Å². The first-order valence-corrected chi connectivity index (χ1v) is 22.5. The van der Waals surface area contributed by atoms with Gasteiger partial charge in [-0.3, -0.25) is 9.59 Å². The molecule has 8 nitrogen and oxygen atoms in total. The molecule has 0 aliphatic rings. The van der Waals surface area contributed by atoms with E-state index in [-0.39, 0.29) is 61.6 Å². The molecule has 0 radical (unpaired) electrons. The van der Waals surface area contributed by atoms with Crippen LogP contribution in [-0.4, -0.2) is 36.6 Å².